The van der Waals surface area contributed by atoms with E-state index in [1.807, 2.05) is 0 Å². The van der Waals surface area contributed by atoms with Gasteiger partial charge in [0.25, 0.3) is 0 Å². The van der Waals surface area contributed by atoms with E-state index in [-0.39, 0.29) is 16.8 Å². The molecule has 0 saturated carbocycles. The Morgan fingerprint density at radius 3 is 2.00 bits per heavy atom. The molecular weight excluding hydrogens is 463 g/mol. The monoisotopic (exact) mass is 491 g/mol. The molecule has 1 aromatic heterocycles. The quantitative estimate of drug-likeness (QED) is 0.261. The van der Waals surface area contributed by atoms with E-state index in [2.05, 4.69) is 46.3 Å². The Morgan fingerprint density at radius 1 is 1.06 bits per heavy atom. The maximum atomic E-state index is 13.9. The van der Waals surface area contributed by atoms with Crippen LogP contribution in [0.1, 0.15) is 57.5 Å². The van der Waals surface area contributed by atoms with Gasteiger partial charge in [0.2, 0.25) is 0 Å². The summed E-state index contributed by atoms with van der Waals surface area (Å²) < 4.78 is 47.4. The summed E-state index contributed by atoms with van der Waals surface area (Å²) in [4.78, 5) is 12.3. The van der Waals surface area contributed by atoms with Crippen molar-refractivity contribution >= 4 is 47.2 Å². The minimum absolute atomic E-state index is 0.0685. The van der Waals surface area contributed by atoms with Crippen molar-refractivity contribution in [1.29, 1.82) is 0 Å². The lowest BCUT2D eigenvalue weighted by Crippen LogP contribution is -2.54. The fourth-order valence-electron chi connectivity index (χ4n) is 4.92. The van der Waals surface area contributed by atoms with Crippen LogP contribution in [0.5, 0.6) is 0 Å². The molecule has 1 aromatic carbocycles. The molecule has 0 radical (unpaired) electrons. The van der Waals surface area contributed by atoms with Crippen LogP contribution in [0.3, 0.4) is 0 Å². The summed E-state index contributed by atoms with van der Waals surface area (Å²) in [5.41, 5.74) is 5.61. The number of benzene rings is 1. The number of esters is 1. The largest absolute Gasteiger partial charge is 0.465 e. The number of hydrogen-bond acceptors (Lipinski definition) is 4. The summed E-state index contributed by atoms with van der Waals surface area (Å²) in [6.07, 6.45) is -4.68. The molecule has 0 aliphatic rings. The highest BCUT2D eigenvalue weighted by molar-refractivity contribution is 7.30. The molecule has 172 valence electrons. The van der Waals surface area contributed by atoms with Crippen molar-refractivity contribution in [3.63, 3.8) is 0 Å². The first-order valence-corrected chi connectivity index (χ1v) is 13.5. The van der Waals surface area contributed by atoms with Gasteiger partial charge in [0, 0.05) is 20.6 Å². The van der Waals surface area contributed by atoms with Gasteiger partial charge in [0.1, 0.15) is 8.07 Å². The number of anilines is 1. The van der Waals surface area contributed by atoms with E-state index in [9.17, 15) is 18.0 Å². The van der Waals surface area contributed by atoms with Gasteiger partial charge >= 0.3 is 12.1 Å². The molecule has 0 bridgehead atoms. The van der Waals surface area contributed by atoms with Gasteiger partial charge in [-0.1, -0.05) is 53.1 Å². The van der Waals surface area contributed by atoms with E-state index in [0.29, 0.717) is 26.5 Å². The zero-order valence-corrected chi connectivity index (χ0v) is 21.4. The Morgan fingerprint density at radius 2 is 1.58 bits per heavy atom. The van der Waals surface area contributed by atoms with Crippen molar-refractivity contribution in [1.82, 2.24) is 0 Å². The van der Waals surface area contributed by atoms with E-state index in [1.54, 1.807) is 6.07 Å². The van der Waals surface area contributed by atoms with Gasteiger partial charge in [-0.25, -0.2) is 4.79 Å². The Balaban J connectivity index is 2.83. The first-order valence-electron chi connectivity index (χ1n) is 10.1. The molecule has 3 nitrogen and oxygen atoms in total. The Bertz CT molecular complexity index is 949. The summed E-state index contributed by atoms with van der Waals surface area (Å²) >= 11 is 8.00. The smallest absolute Gasteiger partial charge is 0.417 e. The fourth-order valence-corrected chi connectivity index (χ4v) is 15.8. The molecule has 0 fully saturated rings. The molecule has 0 aliphatic heterocycles. The number of ether oxygens (including phenoxy) is 1. The maximum Gasteiger partial charge on any atom is 0.417 e. The summed E-state index contributed by atoms with van der Waals surface area (Å²) in [6, 6.07) is 3.57. The second kappa shape index (κ2) is 9.15. The van der Waals surface area contributed by atoms with E-state index < -0.39 is 25.8 Å². The van der Waals surface area contributed by atoms with E-state index >= 15 is 0 Å². The number of nitrogens with two attached hydrogens (primary N) is 1. The van der Waals surface area contributed by atoms with Gasteiger partial charge in [0.05, 0.1) is 23.3 Å². The van der Waals surface area contributed by atoms with Gasteiger partial charge < -0.3 is 10.5 Å². The SMILES string of the molecule is COC(=O)c1cc(C(F)(F)F)c(-c2cc(Cl)c([Si](C(C)C)(C(C)C)C(C)C)s2)cc1N. The molecule has 0 unspecified atom stereocenters. The van der Waals surface area contributed by atoms with Crippen molar-refractivity contribution in [3.05, 3.63) is 34.3 Å². The number of rotatable bonds is 6. The van der Waals surface area contributed by atoms with Crippen LogP contribution in [0, 0.1) is 0 Å². The minimum Gasteiger partial charge on any atom is -0.465 e. The van der Waals surface area contributed by atoms with E-state index in [0.717, 1.165) is 17.7 Å². The van der Waals surface area contributed by atoms with Crippen molar-refractivity contribution < 1.29 is 22.7 Å². The van der Waals surface area contributed by atoms with Crippen LogP contribution in [-0.4, -0.2) is 21.2 Å². The molecule has 0 amide bonds. The van der Waals surface area contributed by atoms with Crippen LogP contribution in [0.15, 0.2) is 18.2 Å². The highest BCUT2D eigenvalue weighted by Crippen LogP contribution is 2.47. The number of carbonyl (C=O) groups excluding carboxylic acids is 1. The van der Waals surface area contributed by atoms with Gasteiger partial charge in [-0.15, -0.1) is 11.3 Å². The molecular formula is C22H29ClF3NO2SSi. The first kappa shape index (κ1) is 25.7. The summed E-state index contributed by atoms with van der Waals surface area (Å²) in [5.74, 6) is -0.912. The third-order valence-electron chi connectivity index (χ3n) is 6.11. The third kappa shape index (κ3) is 4.52. The lowest BCUT2D eigenvalue weighted by Gasteiger charge is -2.42. The molecule has 0 atom stereocenters. The molecule has 1 heterocycles. The molecule has 2 aromatic rings. The number of hydrogen-bond donors (Lipinski definition) is 1. The molecule has 0 spiro atoms. The fraction of sp³-hybridized carbons (Fsp3) is 0.500. The van der Waals surface area contributed by atoms with Crippen LogP contribution >= 0.6 is 22.9 Å². The highest BCUT2D eigenvalue weighted by atomic mass is 35.5. The van der Waals surface area contributed by atoms with E-state index in [4.69, 9.17) is 17.3 Å². The van der Waals surface area contributed by atoms with Crippen LogP contribution in [-0.2, 0) is 10.9 Å². The Labute approximate surface area is 191 Å². The number of alkyl halides is 3. The van der Waals surface area contributed by atoms with Crippen molar-refractivity contribution in [2.75, 3.05) is 12.8 Å². The average Bonchev–Trinajstić information content (AvgIpc) is 3.01. The van der Waals surface area contributed by atoms with Crippen molar-refractivity contribution in [2.24, 2.45) is 0 Å². The number of halogens is 4. The van der Waals surface area contributed by atoms with Crippen molar-refractivity contribution in [3.8, 4) is 10.4 Å². The van der Waals surface area contributed by atoms with Crippen LogP contribution < -0.4 is 10.2 Å². The lowest BCUT2D eigenvalue weighted by molar-refractivity contribution is -0.137. The van der Waals surface area contributed by atoms with Gasteiger partial charge in [-0.3, -0.25) is 0 Å². The van der Waals surface area contributed by atoms with Gasteiger partial charge in [-0.2, -0.15) is 13.2 Å². The highest BCUT2D eigenvalue weighted by Gasteiger charge is 2.47. The second-order valence-electron chi connectivity index (χ2n) is 8.66. The standard InChI is InChI=1S/C22H29ClF3NO2SSi/c1-11(2)31(12(3)4,13(5)6)21-17(23)10-19(30-21)14-9-18(27)15(20(28)29-7)8-16(14)22(24,25)26/h8-13H,27H2,1-7H3. The number of nitrogen functional groups attached to an aromatic ring is 1. The van der Waals surface area contributed by atoms with Gasteiger partial charge in [-0.05, 0) is 34.8 Å². The Hall–Kier alpha value is -1.51. The zero-order chi connectivity index (χ0) is 23.9. The topological polar surface area (TPSA) is 52.3 Å². The van der Waals surface area contributed by atoms with Crippen molar-refractivity contribution in [2.45, 2.75) is 64.3 Å². The van der Waals surface area contributed by atoms with Crippen LogP contribution in [0.25, 0.3) is 10.4 Å². The molecule has 9 heteroatoms. The van der Waals surface area contributed by atoms with Crippen LogP contribution in [0.4, 0.5) is 18.9 Å². The number of thiophene rings is 1. The summed E-state index contributed by atoms with van der Waals surface area (Å²) in [6.45, 7) is 13.0. The normalized spacial score (nSPS) is 12.8. The summed E-state index contributed by atoms with van der Waals surface area (Å²) in [7, 11) is -1.07. The third-order valence-corrected chi connectivity index (χ3v) is 15.8. The van der Waals surface area contributed by atoms with Crippen LogP contribution in [0.2, 0.25) is 21.6 Å². The molecule has 31 heavy (non-hydrogen) atoms. The Kier molecular flexibility index (Phi) is 7.60. The predicted octanol–water partition coefficient (Wildman–Crippen LogP) is 7.34. The molecule has 0 saturated heterocycles. The average molecular weight is 492 g/mol. The molecule has 2 N–H and O–H groups in total. The van der Waals surface area contributed by atoms with E-state index in [1.165, 1.54) is 17.4 Å². The minimum atomic E-state index is -4.68. The predicted molar refractivity (Wildman–Crippen MR) is 126 cm³/mol. The number of carbonyl (C=O) groups is 1. The zero-order valence-electron chi connectivity index (χ0n) is 18.8. The molecule has 2 rings (SSSR count). The summed E-state index contributed by atoms with van der Waals surface area (Å²) in [5, 5.41) is 0.506. The number of methoxy groups -OCH3 is 1. The molecule has 0 aliphatic carbocycles. The maximum absolute atomic E-state index is 13.9. The second-order valence-corrected chi connectivity index (χ2v) is 16.3. The first-order chi connectivity index (χ1) is 14.2. The van der Waals surface area contributed by atoms with Gasteiger partial charge in [0.15, 0.2) is 0 Å². The lowest BCUT2D eigenvalue weighted by atomic mass is 10.00.